The molecule has 0 bridgehead atoms. The molecular formula is C15H25ClN2O9S. The molecule has 1 unspecified atom stereocenters. The molecule has 0 spiro atoms. The van der Waals surface area contributed by atoms with E-state index in [1.54, 1.807) is 0 Å². The SMILES string of the molecule is CC([NH3+])C(=O)N[C@@H]1[C@H]2C(=C(O)C[C@@H](O)[C@@H]2O)C(=O)O[C@]1(C)COS(C)(=O)=O.[Cl-]. The minimum absolute atomic E-state index is 0. The Hall–Kier alpha value is -1.44. The van der Waals surface area contributed by atoms with Gasteiger partial charge in [-0.15, -0.1) is 0 Å². The highest BCUT2D eigenvalue weighted by molar-refractivity contribution is 7.85. The first-order chi connectivity index (χ1) is 12.3. The lowest BCUT2D eigenvalue weighted by Gasteiger charge is -2.49. The van der Waals surface area contributed by atoms with Crippen LogP contribution in [0.5, 0.6) is 0 Å². The van der Waals surface area contributed by atoms with Gasteiger partial charge in [-0.05, 0) is 13.8 Å². The van der Waals surface area contributed by atoms with Crippen molar-refractivity contribution in [3.8, 4) is 0 Å². The molecule has 1 fully saturated rings. The van der Waals surface area contributed by atoms with Gasteiger partial charge in [0.05, 0.1) is 30.1 Å². The summed E-state index contributed by atoms with van der Waals surface area (Å²) in [6.07, 6.45) is -2.44. The molecule has 0 aromatic heterocycles. The van der Waals surface area contributed by atoms with Gasteiger partial charge in [-0.3, -0.25) is 8.98 Å². The van der Waals surface area contributed by atoms with Crippen molar-refractivity contribution in [3.63, 3.8) is 0 Å². The summed E-state index contributed by atoms with van der Waals surface area (Å²) in [4.78, 5) is 24.7. The summed E-state index contributed by atoms with van der Waals surface area (Å²) < 4.78 is 32.9. The van der Waals surface area contributed by atoms with Crippen LogP contribution in [-0.4, -0.2) is 78.4 Å². The van der Waals surface area contributed by atoms with Crippen LogP contribution >= 0.6 is 0 Å². The van der Waals surface area contributed by atoms with E-state index in [1.807, 2.05) is 0 Å². The first-order valence-corrected chi connectivity index (χ1v) is 10.1. The van der Waals surface area contributed by atoms with Gasteiger partial charge in [0, 0.05) is 12.3 Å². The minimum atomic E-state index is -3.90. The van der Waals surface area contributed by atoms with Crippen LogP contribution in [-0.2, 0) is 28.6 Å². The number of carbonyl (C=O) groups is 2. The molecule has 0 aromatic rings. The molecule has 28 heavy (non-hydrogen) atoms. The van der Waals surface area contributed by atoms with Crippen molar-refractivity contribution in [3.05, 3.63) is 11.3 Å². The number of ether oxygens (including phenoxy) is 1. The second-order valence-electron chi connectivity index (χ2n) is 7.20. The van der Waals surface area contributed by atoms with Gasteiger partial charge >= 0.3 is 5.97 Å². The quantitative estimate of drug-likeness (QED) is 0.203. The first kappa shape index (κ1) is 24.6. The summed E-state index contributed by atoms with van der Waals surface area (Å²) in [6.45, 7) is 2.20. The molecule has 6 atom stereocenters. The summed E-state index contributed by atoms with van der Waals surface area (Å²) in [7, 11) is -3.90. The van der Waals surface area contributed by atoms with Crippen LogP contribution in [0.4, 0.5) is 0 Å². The maximum atomic E-state index is 12.4. The van der Waals surface area contributed by atoms with E-state index in [0.717, 1.165) is 6.26 Å². The van der Waals surface area contributed by atoms with E-state index >= 15 is 0 Å². The number of quaternary nitrogens is 1. The average molecular weight is 445 g/mol. The van der Waals surface area contributed by atoms with Crippen LogP contribution < -0.4 is 23.5 Å². The van der Waals surface area contributed by atoms with E-state index in [0.29, 0.717) is 0 Å². The van der Waals surface area contributed by atoms with Crippen molar-refractivity contribution < 1.29 is 60.4 Å². The molecular weight excluding hydrogens is 420 g/mol. The molecule has 0 radical (unpaired) electrons. The van der Waals surface area contributed by atoms with Gasteiger partial charge in [0.2, 0.25) is 0 Å². The van der Waals surface area contributed by atoms with Gasteiger partial charge in [-0.25, -0.2) is 4.79 Å². The topological polar surface area (TPSA) is 187 Å². The van der Waals surface area contributed by atoms with Crippen LogP contribution in [0.1, 0.15) is 20.3 Å². The zero-order valence-corrected chi connectivity index (χ0v) is 17.2. The number of halogens is 1. The number of cyclic esters (lactones) is 1. The number of aliphatic hydroxyl groups excluding tert-OH is 3. The van der Waals surface area contributed by atoms with Crippen molar-refractivity contribution >= 4 is 22.0 Å². The molecule has 1 aliphatic carbocycles. The number of aliphatic hydroxyl groups is 3. The van der Waals surface area contributed by atoms with Crippen LogP contribution in [0, 0.1) is 5.92 Å². The first-order valence-electron chi connectivity index (χ1n) is 8.26. The molecule has 1 aliphatic heterocycles. The van der Waals surface area contributed by atoms with Crippen molar-refractivity contribution in [2.45, 2.75) is 50.2 Å². The minimum Gasteiger partial charge on any atom is -1.00 e. The van der Waals surface area contributed by atoms with Crippen LogP contribution in [0.3, 0.4) is 0 Å². The van der Waals surface area contributed by atoms with Gasteiger partial charge in [-0.2, -0.15) is 8.42 Å². The fourth-order valence-electron chi connectivity index (χ4n) is 3.24. The average Bonchev–Trinajstić information content (AvgIpc) is 2.52. The Morgan fingerprint density at radius 2 is 2.04 bits per heavy atom. The van der Waals surface area contributed by atoms with Gasteiger partial charge < -0.3 is 43.5 Å². The third-order valence-electron chi connectivity index (χ3n) is 4.68. The van der Waals surface area contributed by atoms with E-state index in [2.05, 4.69) is 11.1 Å². The number of fused-ring (bicyclic) bond motifs is 1. The van der Waals surface area contributed by atoms with E-state index in [4.69, 9.17) is 8.92 Å². The zero-order valence-electron chi connectivity index (χ0n) is 15.6. The number of amides is 1. The fraction of sp³-hybridized carbons (Fsp3) is 0.733. The number of hydrogen-bond donors (Lipinski definition) is 5. The standard InChI is InChI=1S/C15H24N2O9S.ClH/c1-6(16)13(21)17-12-10-9(7(18)4-8(19)11(10)20)14(22)26-15(12,2)5-25-27(3,23)24;/h6,8,10-12,18-20H,4-5,16H2,1-3H3,(H,17,21);1H/t6?,8-,10+,11+,12-,15-;/m1./s1. The second-order valence-corrected chi connectivity index (χ2v) is 8.85. The Kier molecular flexibility index (Phi) is 7.48. The predicted molar refractivity (Wildman–Crippen MR) is 89.3 cm³/mol. The summed E-state index contributed by atoms with van der Waals surface area (Å²) in [5.74, 6) is -3.24. The number of rotatable bonds is 5. The number of nitrogens with one attached hydrogen (secondary N) is 1. The molecule has 1 amide bonds. The Bertz CT molecular complexity index is 769. The number of hydrogen-bond acceptors (Lipinski definition) is 9. The molecule has 162 valence electrons. The van der Waals surface area contributed by atoms with E-state index < -0.39 is 70.2 Å². The molecule has 0 aromatic carbocycles. The Balaban J connectivity index is 0.00000392. The third kappa shape index (κ3) is 4.93. The smallest absolute Gasteiger partial charge is 0.338 e. The molecule has 2 aliphatic rings. The van der Waals surface area contributed by atoms with Gasteiger partial charge in [0.25, 0.3) is 16.0 Å². The molecule has 13 heteroatoms. The molecule has 0 saturated carbocycles. The van der Waals surface area contributed by atoms with Crippen LogP contribution in [0.2, 0.25) is 0 Å². The Morgan fingerprint density at radius 1 is 1.46 bits per heavy atom. The lowest BCUT2D eigenvalue weighted by atomic mass is 9.70. The monoisotopic (exact) mass is 444 g/mol. The van der Waals surface area contributed by atoms with Gasteiger partial charge in [0.15, 0.2) is 11.6 Å². The Morgan fingerprint density at radius 3 is 2.54 bits per heavy atom. The summed E-state index contributed by atoms with van der Waals surface area (Å²) in [5.41, 5.74) is 1.62. The maximum absolute atomic E-state index is 12.4. The van der Waals surface area contributed by atoms with Crippen LogP contribution in [0.25, 0.3) is 0 Å². The zero-order chi connectivity index (χ0) is 20.7. The lowest BCUT2D eigenvalue weighted by Crippen LogP contribution is -3.00. The second kappa shape index (κ2) is 8.51. The van der Waals surface area contributed by atoms with E-state index in [9.17, 15) is 33.3 Å². The normalized spacial score (nSPS) is 34.0. The number of carbonyl (C=O) groups excluding carboxylic acids is 2. The largest absolute Gasteiger partial charge is 1.00 e. The predicted octanol–water partition coefficient (Wildman–Crippen LogP) is -6.05. The summed E-state index contributed by atoms with van der Waals surface area (Å²) >= 11 is 0. The van der Waals surface area contributed by atoms with Gasteiger partial charge in [-0.1, -0.05) is 0 Å². The molecule has 2 rings (SSSR count). The highest BCUT2D eigenvalue weighted by atomic mass is 35.5. The fourth-order valence-corrected chi connectivity index (χ4v) is 3.69. The summed E-state index contributed by atoms with van der Waals surface area (Å²) in [5, 5.41) is 33.2. The van der Waals surface area contributed by atoms with E-state index in [1.165, 1.54) is 13.8 Å². The lowest BCUT2D eigenvalue weighted by molar-refractivity contribution is -0.398. The highest BCUT2D eigenvalue weighted by Gasteiger charge is 2.57. The van der Waals surface area contributed by atoms with E-state index in [-0.39, 0.29) is 24.4 Å². The maximum Gasteiger partial charge on any atom is 0.338 e. The van der Waals surface area contributed by atoms with Crippen molar-refractivity contribution in [2.24, 2.45) is 5.92 Å². The van der Waals surface area contributed by atoms with Crippen molar-refractivity contribution in [2.75, 3.05) is 12.9 Å². The molecule has 1 saturated heterocycles. The van der Waals surface area contributed by atoms with Crippen LogP contribution in [0.15, 0.2) is 11.3 Å². The molecule has 11 nitrogen and oxygen atoms in total. The Labute approximate surface area is 168 Å². The van der Waals surface area contributed by atoms with Gasteiger partial charge in [0.1, 0.15) is 12.4 Å². The number of esters is 1. The molecule has 7 N–H and O–H groups in total. The molecule has 1 heterocycles. The highest BCUT2D eigenvalue weighted by Crippen LogP contribution is 2.42. The van der Waals surface area contributed by atoms with Crippen molar-refractivity contribution in [1.82, 2.24) is 5.32 Å². The third-order valence-corrected chi connectivity index (χ3v) is 5.22. The summed E-state index contributed by atoms with van der Waals surface area (Å²) in [6, 6.07) is -1.90. The van der Waals surface area contributed by atoms with Crippen molar-refractivity contribution in [1.29, 1.82) is 0 Å².